The van der Waals surface area contributed by atoms with Gasteiger partial charge in [0.2, 0.25) is 0 Å². The van der Waals surface area contributed by atoms with Gasteiger partial charge in [0.05, 0.1) is 24.4 Å². The molecule has 3 rings (SSSR count). The zero-order valence-electron chi connectivity index (χ0n) is 15.2. The highest BCUT2D eigenvalue weighted by molar-refractivity contribution is 5.95. The predicted octanol–water partition coefficient (Wildman–Crippen LogP) is 2.13. The Morgan fingerprint density at radius 2 is 2.15 bits per heavy atom. The first-order valence-corrected chi connectivity index (χ1v) is 8.58. The van der Waals surface area contributed by atoms with Gasteiger partial charge in [-0.3, -0.25) is 9.78 Å². The summed E-state index contributed by atoms with van der Waals surface area (Å²) in [4.78, 5) is 30.4. The minimum Gasteiger partial charge on any atom is -0.450 e. The highest BCUT2D eigenvalue weighted by Crippen LogP contribution is 2.22. The maximum absolute atomic E-state index is 12.6. The molecular formula is C18H22N4O4. The van der Waals surface area contributed by atoms with Crippen molar-refractivity contribution < 1.29 is 18.8 Å². The molecule has 2 amide bonds. The quantitative estimate of drug-likeness (QED) is 0.899. The van der Waals surface area contributed by atoms with Crippen molar-refractivity contribution in [3.8, 4) is 0 Å². The molecule has 2 aromatic rings. The van der Waals surface area contributed by atoms with E-state index in [9.17, 15) is 9.59 Å². The molecule has 1 aliphatic rings. The summed E-state index contributed by atoms with van der Waals surface area (Å²) >= 11 is 0. The first-order valence-electron chi connectivity index (χ1n) is 8.58. The third kappa shape index (κ3) is 3.54. The number of ether oxygens (including phenoxy) is 1. The Kier molecular flexibility index (Phi) is 5.20. The Labute approximate surface area is 151 Å². The van der Waals surface area contributed by atoms with Gasteiger partial charge in [-0.1, -0.05) is 5.16 Å². The van der Waals surface area contributed by atoms with Crippen LogP contribution in [0.5, 0.6) is 0 Å². The Morgan fingerprint density at radius 1 is 1.35 bits per heavy atom. The molecule has 26 heavy (non-hydrogen) atoms. The maximum Gasteiger partial charge on any atom is 0.410 e. The lowest BCUT2D eigenvalue weighted by Crippen LogP contribution is -2.37. The number of aromatic nitrogens is 2. The molecule has 0 bridgehead atoms. The summed E-state index contributed by atoms with van der Waals surface area (Å²) in [5.41, 5.74) is 3.98. The van der Waals surface area contributed by atoms with Crippen LogP contribution in [0.25, 0.3) is 0 Å². The highest BCUT2D eigenvalue weighted by atomic mass is 16.6. The number of hydrogen-bond acceptors (Lipinski definition) is 6. The van der Waals surface area contributed by atoms with Crippen LogP contribution in [0, 0.1) is 13.8 Å². The van der Waals surface area contributed by atoms with Crippen LogP contribution in [0.1, 0.15) is 45.4 Å². The average Bonchev–Trinajstić information content (AvgIpc) is 2.96. The van der Waals surface area contributed by atoms with Crippen molar-refractivity contribution in [1.29, 1.82) is 0 Å². The minimum atomic E-state index is -0.341. The number of aryl methyl sites for hydroxylation is 2. The molecule has 0 saturated carbocycles. The van der Waals surface area contributed by atoms with E-state index in [2.05, 4.69) is 15.5 Å². The number of fused-ring (bicyclic) bond motifs is 1. The van der Waals surface area contributed by atoms with Crippen LogP contribution in [0.4, 0.5) is 4.79 Å². The molecule has 0 fully saturated rings. The predicted molar refractivity (Wildman–Crippen MR) is 92.5 cm³/mol. The molecular weight excluding hydrogens is 336 g/mol. The second-order valence-corrected chi connectivity index (χ2v) is 6.18. The van der Waals surface area contributed by atoms with Gasteiger partial charge in [-0.25, -0.2) is 4.79 Å². The van der Waals surface area contributed by atoms with Gasteiger partial charge in [-0.15, -0.1) is 0 Å². The van der Waals surface area contributed by atoms with Crippen LogP contribution in [-0.4, -0.2) is 40.2 Å². The van der Waals surface area contributed by atoms with Gasteiger partial charge < -0.3 is 19.5 Å². The number of carbonyl (C=O) groups excluding carboxylic acids is 2. The lowest BCUT2D eigenvalue weighted by molar-refractivity contribution is 0.0947. The number of carbonyl (C=O) groups is 2. The lowest BCUT2D eigenvalue weighted by atomic mass is 9.97. The van der Waals surface area contributed by atoms with Gasteiger partial charge in [-0.05, 0) is 38.3 Å². The minimum absolute atomic E-state index is 0.195. The molecule has 0 radical (unpaired) electrons. The summed E-state index contributed by atoms with van der Waals surface area (Å²) in [6, 6.07) is 0. The van der Waals surface area contributed by atoms with Gasteiger partial charge in [0.15, 0.2) is 0 Å². The van der Waals surface area contributed by atoms with Gasteiger partial charge in [0.25, 0.3) is 5.91 Å². The first kappa shape index (κ1) is 17.9. The van der Waals surface area contributed by atoms with Crippen LogP contribution >= 0.6 is 0 Å². The number of amides is 2. The van der Waals surface area contributed by atoms with Crippen LogP contribution in [0.2, 0.25) is 0 Å². The van der Waals surface area contributed by atoms with E-state index in [1.165, 1.54) is 0 Å². The van der Waals surface area contributed by atoms with E-state index >= 15 is 0 Å². The smallest absolute Gasteiger partial charge is 0.410 e. The fraction of sp³-hybridized carbons (Fsp3) is 0.444. The van der Waals surface area contributed by atoms with E-state index in [-0.39, 0.29) is 12.0 Å². The lowest BCUT2D eigenvalue weighted by Gasteiger charge is -2.28. The van der Waals surface area contributed by atoms with Crippen LogP contribution in [-0.2, 0) is 24.2 Å². The Balaban J connectivity index is 1.73. The van der Waals surface area contributed by atoms with Crippen molar-refractivity contribution in [2.24, 2.45) is 0 Å². The normalized spacial score (nSPS) is 13.3. The van der Waals surface area contributed by atoms with E-state index in [0.717, 1.165) is 22.4 Å². The van der Waals surface area contributed by atoms with Crippen LogP contribution in [0.15, 0.2) is 16.9 Å². The van der Waals surface area contributed by atoms with E-state index in [1.54, 1.807) is 24.2 Å². The molecule has 8 heteroatoms. The number of hydrogen-bond donors (Lipinski definition) is 1. The standard InChI is InChI=1S/C18H22N4O4/c1-4-25-18(24)22-6-5-14-13(10-22)7-19-8-16(14)17(23)20-9-15-11(2)21-26-12(15)3/h7-8H,4-6,9-10H2,1-3H3,(H,20,23). The van der Waals surface area contributed by atoms with Gasteiger partial charge in [0.1, 0.15) is 5.76 Å². The van der Waals surface area contributed by atoms with Crippen molar-refractivity contribution in [2.75, 3.05) is 13.2 Å². The molecule has 0 unspecified atom stereocenters. The van der Waals surface area contributed by atoms with Crippen LogP contribution < -0.4 is 5.32 Å². The Bertz CT molecular complexity index is 811. The van der Waals surface area contributed by atoms with Crippen molar-refractivity contribution in [2.45, 2.75) is 40.3 Å². The summed E-state index contributed by atoms with van der Waals surface area (Å²) in [5, 5.41) is 6.79. The third-order valence-electron chi connectivity index (χ3n) is 4.52. The zero-order valence-corrected chi connectivity index (χ0v) is 15.2. The number of nitrogens with one attached hydrogen (secondary N) is 1. The molecule has 138 valence electrons. The molecule has 3 heterocycles. The van der Waals surface area contributed by atoms with Crippen molar-refractivity contribution >= 4 is 12.0 Å². The number of pyridine rings is 1. The monoisotopic (exact) mass is 358 g/mol. The fourth-order valence-electron chi connectivity index (χ4n) is 3.08. The largest absolute Gasteiger partial charge is 0.450 e. The summed E-state index contributed by atoms with van der Waals surface area (Å²) in [7, 11) is 0. The topological polar surface area (TPSA) is 97.6 Å². The summed E-state index contributed by atoms with van der Waals surface area (Å²) < 4.78 is 10.2. The highest BCUT2D eigenvalue weighted by Gasteiger charge is 2.25. The number of nitrogens with zero attached hydrogens (tertiary/aromatic N) is 3. The maximum atomic E-state index is 12.6. The molecule has 8 nitrogen and oxygen atoms in total. The van der Waals surface area contributed by atoms with Crippen molar-refractivity contribution in [1.82, 2.24) is 20.4 Å². The summed E-state index contributed by atoms with van der Waals surface area (Å²) in [5.74, 6) is 0.500. The Hall–Kier alpha value is -2.90. The zero-order chi connectivity index (χ0) is 18.7. The van der Waals surface area contributed by atoms with E-state index < -0.39 is 0 Å². The van der Waals surface area contributed by atoms with E-state index in [0.29, 0.717) is 44.0 Å². The number of rotatable bonds is 4. The van der Waals surface area contributed by atoms with E-state index in [1.807, 2.05) is 13.8 Å². The fourth-order valence-corrected chi connectivity index (χ4v) is 3.08. The molecule has 0 saturated heterocycles. The third-order valence-corrected chi connectivity index (χ3v) is 4.52. The van der Waals surface area contributed by atoms with Crippen LogP contribution in [0.3, 0.4) is 0 Å². The van der Waals surface area contributed by atoms with Crippen molar-refractivity contribution in [3.63, 3.8) is 0 Å². The SMILES string of the molecule is CCOC(=O)N1CCc2c(cncc2C(=O)NCc2c(C)noc2C)C1. The van der Waals surface area contributed by atoms with Gasteiger partial charge >= 0.3 is 6.09 Å². The molecule has 1 aliphatic heterocycles. The first-order chi connectivity index (χ1) is 12.5. The molecule has 0 aliphatic carbocycles. The molecule has 2 aromatic heterocycles. The Morgan fingerprint density at radius 3 is 2.85 bits per heavy atom. The second kappa shape index (κ2) is 7.55. The van der Waals surface area contributed by atoms with Crippen molar-refractivity contribution in [3.05, 3.63) is 46.1 Å². The van der Waals surface area contributed by atoms with Gasteiger partial charge in [0, 0.05) is 31.0 Å². The molecule has 0 aromatic carbocycles. The molecule has 0 atom stereocenters. The molecule has 0 spiro atoms. The average molecular weight is 358 g/mol. The second-order valence-electron chi connectivity index (χ2n) is 6.18. The molecule has 1 N–H and O–H groups in total. The van der Waals surface area contributed by atoms with Gasteiger partial charge in [-0.2, -0.15) is 0 Å². The summed E-state index contributed by atoms with van der Waals surface area (Å²) in [6.07, 6.45) is 3.52. The van der Waals surface area contributed by atoms with E-state index in [4.69, 9.17) is 9.26 Å². The summed E-state index contributed by atoms with van der Waals surface area (Å²) in [6.45, 7) is 7.03.